The van der Waals surface area contributed by atoms with Crippen molar-refractivity contribution >= 4 is 11.7 Å². The molecule has 0 aliphatic carbocycles. The van der Waals surface area contributed by atoms with Gasteiger partial charge in [0.15, 0.2) is 5.82 Å². The average Bonchev–Trinajstić information content (AvgIpc) is 2.92. The Morgan fingerprint density at radius 1 is 1.32 bits per heavy atom. The van der Waals surface area contributed by atoms with Crippen molar-refractivity contribution in [3.05, 3.63) is 35.5 Å². The zero-order valence-corrected chi connectivity index (χ0v) is 15.1. The van der Waals surface area contributed by atoms with Gasteiger partial charge in [0.1, 0.15) is 18.3 Å². The number of nitrogens with zero attached hydrogens (tertiary/aromatic N) is 6. The monoisotopic (exact) mass is 344 g/mol. The largest absolute Gasteiger partial charge is 0.368 e. The van der Waals surface area contributed by atoms with Gasteiger partial charge < -0.3 is 14.5 Å². The lowest BCUT2D eigenvalue weighted by Crippen LogP contribution is -2.44. The first-order valence-corrected chi connectivity index (χ1v) is 8.34. The number of amides is 1. The molecule has 0 radical (unpaired) electrons. The molecule has 8 nitrogen and oxygen atoms in total. The molecule has 25 heavy (non-hydrogen) atoms. The summed E-state index contributed by atoms with van der Waals surface area (Å²) in [7, 11) is 3.84. The summed E-state index contributed by atoms with van der Waals surface area (Å²) in [4.78, 5) is 25.2. The van der Waals surface area contributed by atoms with Crippen LogP contribution in [0.5, 0.6) is 0 Å². The van der Waals surface area contributed by atoms with Crippen molar-refractivity contribution in [2.75, 3.05) is 38.7 Å². The van der Waals surface area contributed by atoms with E-state index in [0.29, 0.717) is 19.7 Å². The third kappa shape index (κ3) is 3.79. The minimum Gasteiger partial charge on any atom is -0.368 e. The topological polar surface area (TPSA) is 76.4 Å². The maximum absolute atomic E-state index is 12.7. The molecule has 1 unspecified atom stereocenters. The molecular formula is C17H24N6O2. The first-order chi connectivity index (χ1) is 12.0. The summed E-state index contributed by atoms with van der Waals surface area (Å²) in [6.07, 6.45) is 3.04. The molecule has 1 amide bonds. The molecule has 0 N–H and O–H groups in total. The summed E-state index contributed by atoms with van der Waals surface area (Å²) in [6, 6.07) is 1.97. The van der Waals surface area contributed by atoms with Gasteiger partial charge in [-0.3, -0.25) is 14.5 Å². The van der Waals surface area contributed by atoms with E-state index in [2.05, 4.69) is 15.1 Å². The van der Waals surface area contributed by atoms with E-state index in [4.69, 9.17) is 4.74 Å². The molecule has 1 aliphatic heterocycles. The fraction of sp³-hybridized carbons (Fsp3) is 0.529. The molecule has 1 aliphatic rings. The highest BCUT2D eigenvalue weighted by molar-refractivity contribution is 5.76. The van der Waals surface area contributed by atoms with Gasteiger partial charge in [-0.1, -0.05) is 0 Å². The van der Waals surface area contributed by atoms with Crippen LogP contribution in [0.4, 0.5) is 5.82 Å². The van der Waals surface area contributed by atoms with Gasteiger partial charge in [0.2, 0.25) is 5.91 Å². The SMILES string of the molecule is Cc1cc(C)n(CC(=O)N2CCOC(c3nccnc3N(C)C)C2)n1. The number of anilines is 1. The molecule has 8 heteroatoms. The van der Waals surface area contributed by atoms with Gasteiger partial charge in [-0.05, 0) is 19.9 Å². The van der Waals surface area contributed by atoms with Gasteiger partial charge in [-0.25, -0.2) is 4.98 Å². The van der Waals surface area contributed by atoms with Gasteiger partial charge in [-0.15, -0.1) is 0 Å². The number of morpholine rings is 1. The van der Waals surface area contributed by atoms with Crippen LogP contribution in [0, 0.1) is 13.8 Å². The van der Waals surface area contributed by atoms with Crippen molar-refractivity contribution in [1.82, 2.24) is 24.6 Å². The quantitative estimate of drug-likeness (QED) is 0.822. The van der Waals surface area contributed by atoms with Crippen LogP contribution in [0.2, 0.25) is 0 Å². The fourth-order valence-corrected chi connectivity index (χ4v) is 3.02. The van der Waals surface area contributed by atoms with Crippen LogP contribution >= 0.6 is 0 Å². The standard InChI is InChI=1S/C17H24N6O2/c1-12-9-13(2)23(20-12)11-15(24)22-7-8-25-14(10-22)16-17(21(3)4)19-6-5-18-16/h5-6,9,14H,7-8,10-11H2,1-4H3. The van der Waals surface area contributed by atoms with Crippen LogP contribution in [-0.2, 0) is 16.1 Å². The molecule has 3 rings (SSSR count). The zero-order valence-electron chi connectivity index (χ0n) is 15.1. The zero-order chi connectivity index (χ0) is 18.0. The van der Waals surface area contributed by atoms with Crippen LogP contribution in [0.25, 0.3) is 0 Å². The van der Waals surface area contributed by atoms with E-state index in [1.54, 1.807) is 17.1 Å². The van der Waals surface area contributed by atoms with Crippen molar-refractivity contribution in [2.45, 2.75) is 26.5 Å². The molecule has 0 spiro atoms. The molecule has 1 saturated heterocycles. The molecule has 3 heterocycles. The second kappa shape index (κ2) is 7.18. The van der Waals surface area contributed by atoms with Crippen molar-refractivity contribution in [2.24, 2.45) is 0 Å². The Hall–Kier alpha value is -2.48. The lowest BCUT2D eigenvalue weighted by Gasteiger charge is -2.33. The Labute approximate surface area is 147 Å². The number of ether oxygens (including phenoxy) is 1. The van der Waals surface area contributed by atoms with E-state index in [0.717, 1.165) is 22.9 Å². The van der Waals surface area contributed by atoms with Crippen LogP contribution in [-0.4, -0.2) is 64.3 Å². The minimum absolute atomic E-state index is 0.0368. The number of rotatable bonds is 4. The second-order valence-corrected chi connectivity index (χ2v) is 6.44. The lowest BCUT2D eigenvalue weighted by atomic mass is 10.2. The van der Waals surface area contributed by atoms with E-state index in [1.165, 1.54) is 0 Å². The smallest absolute Gasteiger partial charge is 0.244 e. The number of aromatic nitrogens is 4. The molecule has 1 fully saturated rings. The molecule has 0 aromatic carbocycles. The van der Waals surface area contributed by atoms with E-state index in [1.807, 2.05) is 43.8 Å². The maximum Gasteiger partial charge on any atom is 0.244 e. The number of carbonyl (C=O) groups is 1. The van der Waals surface area contributed by atoms with Gasteiger partial charge in [-0.2, -0.15) is 5.10 Å². The number of aryl methyl sites for hydroxylation is 2. The average molecular weight is 344 g/mol. The van der Waals surface area contributed by atoms with Gasteiger partial charge >= 0.3 is 0 Å². The molecule has 0 saturated carbocycles. The number of hydrogen-bond donors (Lipinski definition) is 0. The van der Waals surface area contributed by atoms with Crippen LogP contribution in [0.3, 0.4) is 0 Å². The molecule has 1 atom stereocenters. The van der Waals surface area contributed by atoms with Gasteiger partial charge in [0, 0.05) is 38.7 Å². The molecular weight excluding hydrogens is 320 g/mol. The third-order valence-electron chi connectivity index (χ3n) is 4.24. The predicted octanol–water partition coefficient (Wildman–Crippen LogP) is 0.956. The summed E-state index contributed by atoms with van der Waals surface area (Å²) in [5, 5.41) is 4.37. The van der Waals surface area contributed by atoms with Crippen LogP contribution in [0.15, 0.2) is 18.5 Å². The lowest BCUT2D eigenvalue weighted by molar-refractivity contribution is -0.140. The van der Waals surface area contributed by atoms with Crippen molar-refractivity contribution in [3.63, 3.8) is 0 Å². The first kappa shape index (κ1) is 17.3. The summed E-state index contributed by atoms with van der Waals surface area (Å²) >= 11 is 0. The molecule has 2 aromatic rings. The van der Waals surface area contributed by atoms with Crippen LogP contribution < -0.4 is 4.90 Å². The van der Waals surface area contributed by atoms with Gasteiger partial charge in [0.05, 0.1) is 18.8 Å². The highest BCUT2D eigenvalue weighted by atomic mass is 16.5. The summed E-state index contributed by atoms with van der Waals surface area (Å²) in [5.74, 6) is 0.801. The summed E-state index contributed by atoms with van der Waals surface area (Å²) < 4.78 is 7.61. The van der Waals surface area contributed by atoms with Crippen molar-refractivity contribution < 1.29 is 9.53 Å². The van der Waals surface area contributed by atoms with Gasteiger partial charge in [0.25, 0.3) is 0 Å². The summed E-state index contributed by atoms with van der Waals surface area (Å²) in [6.45, 7) is 5.65. The van der Waals surface area contributed by atoms with E-state index in [9.17, 15) is 4.79 Å². The Bertz CT molecular complexity index is 757. The van der Waals surface area contributed by atoms with E-state index in [-0.39, 0.29) is 18.6 Å². The fourth-order valence-electron chi connectivity index (χ4n) is 3.02. The highest BCUT2D eigenvalue weighted by Gasteiger charge is 2.29. The first-order valence-electron chi connectivity index (χ1n) is 8.34. The van der Waals surface area contributed by atoms with E-state index < -0.39 is 0 Å². The normalized spacial score (nSPS) is 17.6. The van der Waals surface area contributed by atoms with Crippen LogP contribution in [0.1, 0.15) is 23.2 Å². The number of carbonyl (C=O) groups excluding carboxylic acids is 1. The summed E-state index contributed by atoms with van der Waals surface area (Å²) in [5.41, 5.74) is 2.66. The number of hydrogen-bond acceptors (Lipinski definition) is 6. The second-order valence-electron chi connectivity index (χ2n) is 6.44. The molecule has 134 valence electrons. The predicted molar refractivity (Wildman–Crippen MR) is 93.3 cm³/mol. The Morgan fingerprint density at radius 3 is 2.76 bits per heavy atom. The highest BCUT2D eigenvalue weighted by Crippen LogP contribution is 2.26. The van der Waals surface area contributed by atoms with Crippen molar-refractivity contribution in [1.29, 1.82) is 0 Å². The molecule has 2 aromatic heterocycles. The Kier molecular flexibility index (Phi) is 4.98. The van der Waals surface area contributed by atoms with E-state index >= 15 is 0 Å². The van der Waals surface area contributed by atoms with Crippen molar-refractivity contribution in [3.8, 4) is 0 Å². The maximum atomic E-state index is 12.7. The molecule has 0 bridgehead atoms. The Balaban J connectivity index is 1.73. The third-order valence-corrected chi connectivity index (χ3v) is 4.24. The Morgan fingerprint density at radius 2 is 2.08 bits per heavy atom. The minimum atomic E-state index is -0.274.